The largest absolute Gasteiger partial charge is 0.490 e. The van der Waals surface area contributed by atoms with Gasteiger partial charge in [0, 0.05) is 22.2 Å². The third-order valence-electron chi connectivity index (χ3n) is 2.83. The summed E-state index contributed by atoms with van der Waals surface area (Å²) in [7, 11) is 1.57. The zero-order valence-electron chi connectivity index (χ0n) is 11.8. The first-order chi connectivity index (χ1) is 9.63. The number of nitrogens with one attached hydrogen (secondary N) is 2. The van der Waals surface area contributed by atoms with Crippen LogP contribution in [0.4, 0.5) is 11.6 Å². The van der Waals surface area contributed by atoms with E-state index in [2.05, 4.69) is 46.7 Å². The average molecular weight is 293 g/mol. The molecule has 0 aliphatic rings. The van der Waals surface area contributed by atoms with Gasteiger partial charge >= 0.3 is 0 Å². The van der Waals surface area contributed by atoms with E-state index in [4.69, 9.17) is 10.6 Å². The van der Waals surface area contributed by atoms with Crippen molar-refractivity contribution in [1.82, 2.24) is 9.97 Å². The number of nitrogen functional groups attached to an aromatic ring is 1. The Labute approximate surface area is 122 Å². The zero-order valence-corrected chi connectivity index (χ0v) is 12.6. The summed E-state index contributed by atoms with van der Waals surface area (Å²) in [4.78, 5) is 10.9. The van der Waals surface area contributed by atoms with E-state index in [1.165, 1.54) is 16.1 Å². The minimum absolute atomic E-state index is 0.225. The molecule has 2 aromatic rings. The number of anilines is 2. The van der Waals surface area contributed by atoms with Crippen LogP contribution >= 0.6 is 11.3 Å². The highest BCUT2D eigenvalue weighted by molar-refractivity contribution is 7.11. The summed E-state index contributed by atoms with van der Waals surface area (Å²) in [6.45, 7) is 4.21. The predicted octanol–water partition coefficient (Wildman–Crippen LogP) is 2.18. The Hall–Kier alpha value is -1.86. The Balaban J connectivity index is 2.09. The normalized spacial score (nSPS) is 12.0. The van der Waals surface area contributed by atoms with Gasteiger partial charge in [0.05, 0.1) is 7.11 Å². The van der Waals surface area contributed by atoms with Crippen LogP contribution in [0.1, 0.15) is 16.7 Å². The fourth-order valence-corrected chi connectivity index (χ4v) is 2.97. The molecule has 0 bridgehead atoms. The number of aryl methyl sites for hydroxylation is 1. The molecule has 7 heteroatoms. The maximum Gasteiger partial charge on any atom is 0.205 e. The summed E-state index contributed by atoms with van der Waals surface area (Å²) >= 11 is 1.81. The Morgan fingerprint density at radius 1 is 1.35 bits per heavy atom. The van der Waals surface area contributed by atoms with Crippen molar-refractivity contribution in [3.05, 3.63) is 28.2 Å². The standard InChI is InChI=1S/C13H19N5OS/c1-8(6-10-5-4-9(2)20-10)17-12-11(19-3)13(18-14)16-7-15-12/h4-5,7-8H,6,14H2,1-3H3,(H2,15,16,17,18). The van der Waals surface area contributed by atoms with Crippen molar-refractivity contribution < 1.29 is 4.74 Å². The van der Waals surface area contributed by atoms with E-state index >= 15 is 0 Å². The molecule has 0 radical (unpaired) electrons. The van der Waals surface area contributed by atoms with Crippen molar-refractivity contribution in [3.8, 4) is 5.75 Å². The van der Waals surface area contributed by atoms with Crippen molar-refractivity contribution in [2.45, 2.75) is 26.3 Å². The number of rotatable bonds is 6. The van der Waals surface area contributed by atoms with Gasteiger partial charge < -0.3 is 15.5 Å². The number of thiophene rings is 1. The molecule has 0 aromatic carbocycles. The van der Waals surface area contributed by atoms with Gasteiger partial charge in [0.2, 0.25) is 5.75 Å². The van der Waals surface area contributed by atoms with Crippen LogP contribution in [0.15, 0.2) is 18.5 Å². The van der Waals surface area contributed by atoms with Gasteiger partial charge in [-0.25, -0.2) is 15.8 Å². The summed E-state index contributed by atoms with van der Waals surface area (Å²) in [6.07, 6.45) is 2.37. The molecule has 0 aliphatic heterocycles. The molecule has 0 saturated heterocycles. The van der Waals surface area contributed by atoms with Crippen molar-refractivity contribution in [2.75, 3.05) is 17.9 Å². The lowest BCUT2D eigenvalue weighted by Gasteiger charge is -2.17. The SMILES string of the molecule is COc1c(NN)ncnc1NC(C)Cc1ccc(C)s1. The topological polar surface area (TPSA) is 85.1 Å². The second-order valence-electron chi connectivity index (χ2n) is 4.51. The third-order valence-corrected chi connectivity index (χ3v) is 3.85. The van der Waals surface area contributed by atoms with E-state index in [0.29, 0.717) is 17.4 Å². The molecule has 0 fully saturated rings. The molecule has 20 heavy (non-hydrogen) atoms. The highest BCUT2D eigenvalue weighted by Crippen LogP contribution is 2.29. The van der Waals surface area contributed by atoms with Crippen molar-refractivity contribution in [3.63, 3.8) is 0 Å². The quantitative estimate of drug-likeness (QED) is 0.559. The molecular formula is C13H19N5OS. The zero-order chi connectivity index (χ0) is 14.5. The summed E-state index contributed by atoms with van der Waals surface area (Å²) in [5.74, 6) is 7.02. The van der Waals surface area contributed by atoms with Gasteiger partial charge in [0.1, 0.15) is 6.33 Å². The molecule has 1 unspecified atom stereocenters. The molecule has 0 amide bonds. The first-order valence-corrected chi connectivity index (χ1v) is 7.13. The number of methoxy groups -OCH3 is 1. The molecule has 2 aromatic heterocycles. The van der Waals surface area contributed by atoms with E-state index < -0.39 is 0 Å². The average Bonchev–Trinajstić information content (AvgIpc) is 2.83. The fourth-order valence-electron chi connectivity index (χ4n) is 1.95. The molecule has 1 atom stereocenters. The van der Waals surface area contributed by atoms with E-state index in [9.17, 15) is 0 Å². The lowest BCUT2D eigenvalue weighted by atomic mass is 10.2. The van der Waals surface area contributed by atoms with E-state index in [0.717, 1.165) is 6.42 Å². The number of ether oxygens (including phenoxy) is 1. The van der Waals surface area contributed by atoms with Crippen LogP contribution in [-0.4, -0.2) is 23.1 Å². The van der Waals surface area contributed by atoms with Gasteiger partial charge in [-0.2, -0.15) is 0 Å². The van der Waals surface area contributed by atoms with E-state index in [-0.39, 0.29) is 6.04 Å². The second-order valence-corrected chi connectivity index (χ2v) is 5.88. The molecule has 4 N–H and O–H groups in total. The van der Waals surface area contributed by atoms with Gasteiger partial charge in [-0.1, -0.05) is 0 Å². The number of hydrazine groups is 1. The monoisotopic (exact) mass is 293 g/mol. The number of nitrogens with two attached hydrogens (primary N) is 1. The summed E-state index contributed by atoms with van der Waals surface area (Å²) in [5, 5.41) is 3.33. The highest BCUT2D eigenvalue weighted by atomic mass is 32.1. The lowest BCUT2D eigenvalue weighted by molar-refractivity contribution is 0.414. The first-order valence-electron chi connectivity index (χ1n) is 6.31. The van der Waals surface area contributed by atoms with Crippen LogP contribution in [0.3, 0.4) is 0 Å². The molecule has 6 nitrogen and oxygen atoms in total. The minimum Gasteiger partial charge on any atom is -0.490 e. The third kappa shape index (κ3) is 3.37. The van der Waals surface area contributed by atoms with Gasteiger partial charge in [0.15, 0.2) is 11.6 Å². The van der Waals surface area contributed by atoms with Crippen molar-refractivity contribution in [2.24, 2.45) is 5.84 Å². The van der Waals surface area contributed by atoms with Gasteiger partial charge in [0.25, 0.3) is 0 Å². The van der Waals surface area contributed by atoms with Gasteiger partial charge in [-0.05, 0) is 26.0 Å². The Kier molecular flexibility index (Phi) is 4.75. The smallest absolute Gasteiger partial charge is 0.205 e. The summed E-state index contributed by atoms with van der Waals surface area (Å²) in [5.41, 5.74) is 2.50. The first kappa shape index (κ1) is 14.5. The predicted molar refractivity (Wildman–Crippen MR) is 82.2 cm³/mol. The molecule has 0 aliphatic carbocycles. The maximum atomic E-state index is 5.41. The molecular weight excluding hydrogens is 274 g/mol. The molecule has 108 valence electrons. The van der Waals surface area contributed by atoms with E-state index in [1.807, 2.05) is 11.3 Å². The van der Waals surface area contributed by atoms with Crippen LogP contribution < -0.4 is 21.3 Å². The minimum atomic E-state index is 0.225. The summed E-state index contributed by atoms with van der Waals surface area (Å²) < 4.78 is 5.30. The van der Waals surface area contributed by atoms with E-state index in [1.54, 1.807) is 7.11 Å². The number of hydrogen-bond donors (Lipinski definition) is 3. The van der Waals surface area contributed by atoms with Crippen LogP contribution in [-0.2, 0) is 6.42 Å². The van der Waals surface area contributed by atoms with Crippen LogP contribution in [0.2, 0.25) is 0 Å². The Bertz CT molecular complexity index is 572. The Morgan fingerprint density at radius 3 is 2.70 bits per heavy atom. The maximum absolute atomic E-state index is 5.41. The molecule has 2 rings (SSSR count). The lowest BCUT2D eigenvalue weighted by Crippen LogP contribution is -2.20. The molecule has 0 saturated carbocycles. The number of aromatic nitrogens is 2. The Morgan fingerprint density at radius 2 is 2.10 bits per heavy atom. The summed E-state index contributed by atoms with van der Waals surface area (Å²) in [6, 6.07) is 4.51. The number of hydrogen-bond acceptors (Lipinski definition) is 7. The highest BCUT2D eigenvalue weighted by Gasteiger charge is 2.14. The molecule has 0 spiro atoms. The van der Waals surface area contributed by atoms with Crippen LogP contribution in [0.5, 0.6) is 5.75 Å². The van der Waals surface area contributed by atoms with Gasteiger partial charge in [-0.15, -0.1) is 11.3 Å². The van der Waals surface area contributed by atoms with Gasteiger partial charge in [-0.3, -0.25) is 0 Å². The van der Waals surface area contributed by atoms with Crippen LogP contribution in [0.25, 0.3) is 0 Å². The second kappa shape index (κ2) is 6.53. The van der Waals surface area contributed by atoms with Crippen LogP contribution in [0, 0.1) is 6.92 Å². The van der Waals surface area contributed by atoms with Crippen molar-refractivity contribution in [1.29, 1.82) is 0 Å². The number of nitrogens with zero attached hydrogens (tertiary/aromatic N) is 2. The van der Waals surface area contributed by atoms with Crippen molar-refractivity contribution >= 4 is 23.0 Å². The fraction of sp³-hybridized carbons (Fsp3) is 0.385. The molecule has 2 heterocycles.